The standard InChI is InChI=1S/C16H25FN2O2/c1-12(2)18-9-14-11-21-7-6-19(14)10-13-4-5-15(20-3)8-16(13)17/h4-5,8,12,14,18H,6-7,9-11H2,1-3H3. The minimum Gasteiger partial charge on any atom is -0.497 e. The van der Waals surface area contributed by atoms with Crippen LogP contribution in [0.25, 0.3) is 0 Å². The first-order chi connectivity index (χ1) is 10.1. The third-order valence-corrected chi connectivity index (χ3v) is 3.74. The molecule has 5 heteroatoms. The number of rotatable bonds is 6. The van der Waals surface area contributed by atoms with E-state index in [4.69, 9.17) is 9.47 Å². The second-order valence-corrected chi connectivity index (χ2v) is 5.72. The molecule has 0 aromatic heterocycles. The SMILES string of the molecule is COc1ccc(CN2CCOCC2CNC(C)C)c(F)c1. The lowest BCUT2D eigenvalue weighted by atomic mass is 10.1. The maximum Gasteiger partial charge on any atom is 0.131 e. The Kier molecular flexibility index (Phi) is 5.96. The van der Waals surface area contributed by atoms with Gasteiger partial charge in [-0.05, 0) is 6.07 Å². The molecule has 4 nitrogen and oxygen atoms in total. The molecule has 1 heterocycles. The molecule has 1 aromatic carbocycles. The quantitative estimate of drug-likeness (QED) is 0.871. The van der Waals surface area contributed by atoms with Crippen LogP contribution in [-0.2, 0) is 11.3 Å². The Morgan fingerprint density at radius 2 is 2.29 bits per heavy atom. The smallest absolute Gasteiger partial charge is 0.131 e. The molecule has 0 spiro atoms. The summed E-state index contributed by atoms with van der Waals surface area (Å²) < 4.78 is 24.7. The summed E-state index contributed by atoms with van der Waals surface area (Å²) in [5.74, 6) is 0.340. The highest BCUT2D eigenvalue weighted by Gasteiger charge is 2.23. The number of methoxy groups -OCH3 is 1. The zero-order valence-electron chi connectivity index (χ0n) is 13.1. The molecule has 21 heavy (non-hydrogen) atoms. The summed E-state index contributed by atoms with van der Waals surface area (Å²) in [6.45, 7) is 7.93. The molecule has 1 N–H and O–H groups in total. The summed E-state index contributed by atoms with van der Waals surface area (Å²) in [5.41, 5.74) is 0.701. The number of morpholine rings is 1. The molecule has 1 aliphatic rings. The lowest BCUT2D eigenvalue weighted by Crippen LogP contribution is -2.50. The van der Waals surface area contributed by atoms with E-state index in [0.29, 0.717) is 37.1 Å². The van der Waals surface area contributed by atoms with Crippen LogP contribution in [0.15, 0.2) is 18.2 Å². The lowest BCUT2D eigenvalue weighted by Gasteiger charge is -2.36. The van der Waals surface area contributed by atoms with Crippen molar-refractivity contribution in [3.8, 4) is 5.75 Å². The molecule has 1 unspecified atom stereocenters. The molecule has 1 aliphatic heterocycles. The van der Waals surface area contributed by atoms with Crippen molar-refractivity contribution in [2.45, 2.75) is 32.5 Å². The Balaban J connectivity index is 2.01. The molecule has 1 fully saturated rings. The minimum atomic E-state index is -0.212. The Morgan fingerprint density at radius 3 is 2.95 bits per heavy atom. The van der Waals surface area contributed by atoms with Gasteiger partial charge in [0.2, 0.25) is 0 Å². The summed E-state index contributed by atoms with van der Waals surface area (Å²) in [7, 11) is 1.55. The van der Waals surface area contributed by atoms with Crippen LogP contribution in [0.3, 0.4) is 0 Å². The topological polar surface area (TPSA) is 33.7 Å². The average Bonchev–Trinajstić information content (AvgIpc) is 2.48. The van der Waals surface area contributed by atoms with E-state index in [1.54, 1.807) is 19.2 Å². The Labute approximate surface area is 126 Å². The van der Waals surface area contributed by atoms with Crippen LogP contribution in [0.2, 0.25) is 0 Å². The summed E-state index contributed by atoms with van der Waals surface area (Å²) >= 11 is 0. The van der Waals surface area contributed by atoms with Crippen molar-refractivity contribution in [2.24, 2.45) is 0 Å². The highest BCUT2D eigenvalue weighted by atomic mass is 19.1. The summed E-state index contributed by atoms with van der Waals surface area (Å²) in [4.78, 5) is 2.28. The molecule has 1 atom stereocenters. The van der Waals surface area contributed by atoms with E-state index < -0.39 is 0 Å². The third kappa shape index (κ3) is 4.66. The number of ether oxygens (including phenoxy) is 2. The van der Waals surface area contributed by atoms with Crippen molar-refractivity contribution >= 4 is 0 Å². The molecular formula is C16H25FN2O2. The van der Waals surface area contributed by atoms with Crippen molar-refractivity contribution in [1.82, 2.24) is 10.2 Å². The maximum atomic E-state index is 14.1. The Bertz CT molecular complexity index is 454. The number of hydrogen-bond acceptors (Lipinski definition) is 4. The number of benzene rings is 1. The van der Waals surface area contributed by atoms with Crippen LogP contribution in [0.4, 0.5) is 4.39 Å². The molecule has 1 saturated heterocycles. The van der Waals surface area contributed by atoms with E-state index in [2.05, 4.69) is 24.1 Å². The molecule has 118 valence electrons. The van der Waals surface area contributed by atoms with Gasteiger partial charge < -0.3 is 14.8 Å². The van der Waals surface area contributed by atoms with Crippen LogP contribution in [0.5, 0.6) is 5.75 Å². The van der Waals surface area contributed by atoms with Crippen LogP contribution >= 0.6 is 0 Å². The molecule has 0 aliphatic carbocycles. The molecular weight excluding hydrogens is 271 g/mol. The van der Waals surface area contributed by atoms with Gasteiger partial charge in [-0.3, -0.25) is 4.90 Å². The van der Waals surface area contributed by atoms with Gasteiger partial charge in [0.05, 0.1) is 20.3 Å². The molecule has 1 aromatic rings. The second-order valence-electron chi connectivity index (χ2n) is 5.72. The summed E-state index contributed by atoms with van der Waals surface area (Å²) in [5, 5.41) is 3.43. The fourth-order valence-corrected chi connectivity index (χ4v) is 2.46. The lowest BCUT2D eigenvalue weighted by molar-refractivity contribution is -0.0119. The van der Waals surface area contributed by atoms with Gasteiger partial charge >= 0.3 is 0 Å². The second kappa shape index (κ2) is 7.73. The van der Waals surface area contributed by atoms with Gasteiger partial charge in [0.15, 0.2) is 0 Å². The molecule has 0 saturated carbocycles. The highest BCUT2D eigenvalue weighted by molar-refractivity contribution is 5.28. The zero-order chi connectivity index (χ0) is 15.2. The largest absolute Gasteiger partial charge is 0.497 e. The summed E-state index contributed by atoms with van der Waals surface area (Å²) in [6.07, 6.45) is 0. The van der Waals surface area contributed by atoms with Crippen molar-refractivity contribution < 1.29 is 13.9 Å². The predicted molar refractivity (Wildman–Crippen MR) is 81.1 cm³/mol. The van der Waals surface area contributed by atoms with Gasteiger partial charge in [-0.1, -0.05) is 19.9 Å². The molecule has 2 rings (SSSR count). The van der Waals surface area contributed by atoms with Crippen LogP contribution in [-0.4, -0.2) is 50.4 Å². The van der Waals surface area contributed by atoms with Crippen molar-refractivity contribution in [2.75, 3.05) is 33.4 Å². The van der Waals surface area contributed by atoms with Crippen LogP contribution in [0.1, 0.15) is 19.4 Å². The van der Waals surface area contributed by atoms with Gasteiger partial charge in [0.1, 0.15) is 11.6 Å². The maximum absolute atomic E-state index is 14.1. The van der Waals surface area contributed by atoms with Crippen LogP contribution < -0.4 is 10.1 Å². The van der Waals surface area contributed by atoms with Gasteiger partial charge in [0.25, 0.3) is 0 Å². The van der Waals surface area contributed by atoms with Gasteiger partial charge in [-0.15, -0.1) is 0 Å². The van der Waals surface area contributed by atoms with E-state index in [-0.39, 0.29) is 11.9 Å². The Hall–Kier alpha value is -1.17. The van der Waals surface area contributed by atoms with E-state index in [9.17, 15) is 4.39 Å². The van der Waals surface area contributed by atoms with E-state index in [1.165, 1.54) is 6.07 Å². The van der Waals surface area contributed by atoms with Crippen molar-refractivity contribution in [3.05, 3.63) is 29.6 Å². The first-order valence-corrected chi connectivity index (χ1v) is 7.47. The Morgan fingerprint density at radius 1 is 1.48 bits per heavy atom. The van der Waals surface area contributed by atoms with Crippen LogP contribution in [0, 0.1) is 5.82 Å². The molecule has 0 radical (unpaired) electrons. The third-order valence-electron chi connectivity index (χ3n) is 3.74. The average molecular weight is 296 g/mol. The van der Waals surface area contributed by atoms with Gasteiger partial charge in [-0.2, -0.15) is 0 Å². The first-order valence-electron chi connectivity index (χ1n) is 7.47. The van der Waals surface area contributed by atoms with Crippen molar-refractivity contribution in [3.63, 3.8) is 0 Å². The number of nitrogens with zero attached hydrogens (tertiary/aromatic N) is 1. The van der Waals surface area contributed by atoms with E-state index in [0.717, 1.165) is 13.1 Å². The van der Waals surface area contributed by atoms with Gasteiger partial charge in [0, 0.05) is 43.3 Å². The first kappa shape index (κ1) is 16.2. The van der Waals surface area contributed by atoms with E-state index >= 15 is 0 Å². The normalized spacial score (nSPS) is 20.0. The van der Waals surface area contributed by atoms with Gasteiger partial charge in [-0.25, -0.2) is 4.39 Å². The molecule has 0 amide bonds. The zero-order valence-corrected chi connectivity index (χ0v) is 13.1. The molecule has 0 bridgehead atoms. The number of halogens is 1. The number of nitrogens with one attached hydrogen (secondary N) is 1. The van der Waals surface area contributed by atoms with E-state index in [1.807, 2.05) is 0 Å². The fourth-order valence-electron chi connectivity index (χ4n) is 2.46. The summed E-state index contributed by atoms with van der Waals surface area (Å²) in [6, 6.07) is 5.77. The monoisotopic (exact) mass is 296 g/mol. The fraction of sp³-hybridized carbons (Fsp3) is 0.625. The minimum absolute atomic E-state index is 0.212. The number of hydrogen-bond donors (Lipinski definition) is 1. The highest BCUT2D eigenvalue weighted by Crippen LogP contribution is 2.19. The van der Waals surface area contributed by atoms with Crippen molar-refractivity contribution in [1.29, 1.82) is 0 Å². The predicted octanol–water partition coefficient (Wildman–Crippen LogP) is 2.03.